The van der Waals surface area contributed by atoms with Gasteiger partial charge in [0.1, 0.15) is 0 Å². The van der Waals surface area contributed by atoms with Crippen LogP contribution in [0.15, 0.2) is 0 Å². The molecule has 0 aromatic carbocycles. The van der Waals surface area contributed by atoms with Gasteiger partial charge in [0.15, 0.2) is 0 Å². The van der Waals surface area contributed by atoms with E-state index in [4.69, 9.17) is 9.84 Å². The van der Waals surface area contributed by atoms with E-state index in [1.165, 1.54) is 4.90 Å². The molecule has 2 unspecified atom stereocenters. The minimum atomic E-state index is -0.776. The Morgan fingerprint density at radius 3 is 2.28 bits per heavy atom. The van der Waals surface area contributed by atoms with Crippen LogP contribution in [0.4, 0.5) is 4.79 Å². The van der Waals surface area contributed by atoms with Crippen LogP contribution < -0.4 is 0 Å². The molecule has 0 aromatic rings. The van der Waals surface area contributed by atoms with Gasteiger partial charge in [-0.2, -0.15) is 0 Å². The van der Waals surface area contributed by atoms with Crippen molar-refractivity contribution in [1.29, 1.82) is 0 Å². The van der Waals surface area contributed by atoms with E-state index in [2.05, 4.69) is 18.7 Å². The lowest BCUT2D eigenvalue weighted by molar-refractivity contribution is -0.0463. The van der Waals surface area contributed by atoms with E-state index >= 15 is 0 Å². The first-order valence-electron chi connectivity index (χ1n) is 6.89. The molecule has 2 saturated heterocycles. The standard InChI is InChI=1S/C13H24N2O3/c1-10-8-18-9-11(2)15(10)7-12-3-5-14(6-4-12)13(16)17/h10-12H,3-9H2,1-2H3,(H,16,17). The molecular weight excluding hydrogens is 232 g/mol. The second-order valence-electron chi connectivity index (χ2n) is 5.65. The van der Waals surface area contributed by atoms with E-state index in [1.54, 1.807) is 0 Å². The third-order valence-electron chi connectivity index (χ3n) is 4.20. The smallest absolute Gasteiger partial charge is 0.407 e. The number of morpholine rings is 1. The molecule has 5 heteroatoms. The number of ether oxygens (including phenoxy) is 1. The zero-order valence-corrected chi connectivity index (χ0v) is 11.3. The number of carbonyl (C=O) groups is 1. The summed E-state index contributed by atoms with van der Waals surface area (Å²) in [5.74, 6) is 0.628. The average Bonchev–Trinajstić information content (AvgIpc) is 2.34. The fraction of sp³-hybridized carbons (Fsp3) is 0.923. The molecule has 2 heterocycles. The highest BCUT2D eigenvalue weighted by atomic mass is 16.5. The maximum atomic E-state index is 10.9. The lowest BCUT2D eigenvalue weighted by atomic mass is 9.95. The molecule has 5 nitrogen and oxygen atoms in total. The number of amides is 1. The molecule has 0 aromatic heterocycles. The first kappa shape index (κ1) is 13.6. The van der Waals surface area contributed by atoms with Crippen molar-refractivity contribution in [3.05, 3.63) is 0 Å². The van der Waals surface area contributed by atoms with E-state index in [0.29, 0.717) is 31.1 Å². The second kappa shape index (κ2) is 5.89. The average molecular weight is 256 g/mol. The van der Waals surface area contributed by atoms with Crippen molar-refractivity contribution in [2.45, 2.75) is 38.8 Å². The van der Waals surface area contributed by atoms with Crippen LogP contribution in [0.2, 0.25) is 0 Å². The summed E-state index contributed by atoms with van der Waals surface area (Å²) in [4.78, 5) is 14.9. The highest BCUT2D eigenvalue weighted by molar-refractivity contribution is 5.64. The van der Waals surface area contributed by atoms with Crippen molar-refractivity contribution >= 4 is 6.09 Å². The Balaban J connectivity index is 1.81. The first-order valence-corrected chi connectivity index (χ1v) is 6.89. The highest BCUT2D eigenvalue weighted by Crippen LogP contribution is 2.22. The molecule has 1 amide bonds. The van der Waals surface area contributed by atoms with Crippen molar-refractivity contribution in [3.8, 4) is 0 Å². The van der Waals surface area contributed by atoms with Crippen LogP contribution >= 0.6 is 0 Å². The van der Waals surface area contributed by atoms with Gasteiger partial charge in [-0.3, -0.25) is 4.90 Å². The van der Waals surface area contributed by atoms with Crippen molar-refractivity contribution < 1.29 is 14.6 Å². The van der Waals surface area contributed by atoms with E-state index in [1.807, 2.05) is 0 Å². The summed E-state index contributed by atoms with van der Waals surface area (Å²) in [6, 6.07) is 0.956. The van der Waals surface area contributed by atoms with Gasteiger partial charge in [0, 0.05) is 31.7 Å². The Morgan fingerprint density at radius 2 is 1.78 bits per heavy atom. The quantitative estimate of drug-likeness (QED) is 0.813. The Bertz CT molecular complexity index is 280. The molecular formula is C13H24N2O3. The summed E-state index contributed by atoms with van der Waals surface area (Å²) in [6.07, 6.45) is 1.20. The van der Waals surface area contributed by atoms with Crippen molar-refractivity contribution in [3.63, 3.8) is 0 Å². The summed E-state index contributed by atoms with van der Waals surface area (Å²) >= 11 is 0. The van der Waals surface area contributed by atoms with Crippen LogP contribution in [0.5, 0.6) is 0 Å². The summed E-state index contributed by atoms with van der Waals surface area (Å²) in [7, 11) is 0. The van der Waals surface area contributed by atoms with Crippen LogP contribution in [-0.4, -0.2) is 65.9 Å². The van der Waals surface area contributed by atoms with E-state index in [-0.39, 0.29) is 0 Å². The van der Waals surface area contributed by atoms with Gasteiger partial charge in [-0.25, -0.2) is 4.79 Å². The number of nitrogens with zero attached hydrogens (tertiary/aromatic N) is 2. The monoisotopic (exact) mass is 256 g/mol. The molecule has 0 bridgehead atoms. The third-order valence-corrected chi connectivity index (χ3v) is 4.20. The second-order valence-corrected chi connectivity index (χ2v) is 5.65. The molecule has 18 heavy (non-hydrogen) atoms. The van der Waals surface area contributed by atoms with Crippen molar-refractivity contribution in [2.75, 3.05) is 32.8 Å². The molecule has 2 fully saturated rings. The highest BCUT2D eigenvalue weighted by Gasteiger charge is 2.29. The lowest BCUT2D eigenvalue weighted by Crippen LogP contribution is -2.52. The summed E-state index contributed by atoms with van der Waals surface area (Å²) in [5.41, 5.74) is 0. The van der Waals surface area contributed by atoms with Gasteiger partial charge in [0.05, 0.1) is 13.2 Å². The molecule has 0 aliphatic carbocycles. The normalized spacial score (nSPS) is 31.6. The van der Waals surface area contributed by atoms with Gasteiger partial charge in [-0.1, -0.05) is 0 Å². The summed E-state index contributed by atoms with van der Waals surface area (Å²) in [6.45, 7) is 8.51. The molecule has 2 aliphatic rings. The van der Waals surface area contributed by atoms with E-state index in [9.17, 15) is 4.79 Å². The molecule has 2 rings (SSSR count). The fourth-order valence-electron chi connectivity index (χ4n) is 3.00. The number of hydrogen-bond donors (Lipinski definition) is 1. The van der Waals surface area contributed by atoms with Gasteiger partial charge in [0.2, 0.25) is 0 Å². The van der Waals surface area contributed by atoms with Crippen LogP contribution in [0, 0.1) is 5.92 Å². The van der Waals surface area contributed by atoms with E-state index < -0.39 is 6.09 Å². The van der Waals surface area contributed by atoms with Crippen molar-refractivity contribution in [2.24, 2.45) is 5.92 Å². The predicted octanol–water partition coefficient (Wildman–Crippen LogP) is 1.49. The first-order chi connectivity index (χ1) is 8.58. The van der Waals surface area contributed by atoms with Crippen molar-refractivity contribution in [1.82, 2.24) is 9.80 Å². The minimum Gasteiger partial charge on any atom is -0.465 e. The Kier molecular flexibility index (Phi) is 4.45. The molecule has 1 N–H and O–H groups in total. The third kappa shape index (κ3) is 3.14. The number of carboxylic acid groups (broad SMARTS) is 1. The summed E-state index contributed by atoms with van der Waals surface area (Å²) in [5, 5.41) is 8.93. The van der Waals surface area contributed by atoms with Gasteiger partial charge >= 0.3 is 6.09 Å². The maximum Gasteiger partial charge on any atom is 0.407 e. The van der Waals surface area contributed by atoms with Gasteiger partial charge < -0.3 is 14.7 Å². The molecule has 2 atom stereocenters. The largest absolute Gasteiger partial charge is 0.465 e. The summed E-state index contributed by atoms with van der Waals surface area (Å²) < 4.78 is 5.53. The number of likely N-dealkylation sites (tertiary alicyclic amines) is 1. The predicted molar refractivity (Wildman–Crippen MR) is 68.8 cm³/mol. The zero-order valence-electron chi connectivity index (χ0n) is 11.3. The lowest BCUT2D eigenvalue weighted by Gasteiger charge is -2.42. The van der Waals surface area contributed by atoms with Crippen LogP contribution in [0.3, 0.4) is 0 Å². The zero-order chi connectivity index (χ0) is 13.1. The minimum absolute atomic E-state index is 0.478. The number of hydrogen-bond acceptors (Lipinski definition) is 3. The molecule has 0 spiro atoms. The molecule has 2 aliphatic heterocycles. The molecule has 0 radical (unpaired) electrons. The van der Waals surface area contributed by atoms with Gasteiger partial charge in [0.25, 0.3) is 0 Å². The fourth-order valence-corrected chi connectivity index (χ4v) is 3.00. The Labute approximate surface area is 109 Å². The van der Waals surface area contributed by atoms with Crippen LogP contribution in [0.1, 0.15) is 26.7 Å². The SMILES string of the molecule is CC1COCC(C)N1CC1CCN(C(=O)O)CC1. The van der Waals surface area contributed by atoms with E-state index in [0.717, 1.165) is 32.6 Å². The van der Waals surface area contributed by atoms with Crippen LogP contribution in [-0.2, 0) is 4.74 Å². The van der Waals surface area contributed by atoms with Crippen LogP contribution in [0.25, 0.3) is 0 Å². The Hall–Kier alpha value is -0.810. The molecule has 104 valence electrons. The van der Waals surface area contributed by atoms with Gasteiger partial charge in [-0.15, -0.1) is 0 Å². The Morgan fingerprint density at radius 1 is 1.22 bits per heavy atom. The number of piperidine rings is 1. The number of rotatable bonds is 2. The van der Waals surface area contributed by atoms with Gasteiger partial charge in [-0.05, 0) is 32.6 Å². The maximum absolute atomic E-state index is 10.9. The molecule has 0 saturated carbocycles. The topological polar surface area (TPSA) is 53.0 Å².